The van der Waals surface area contributed by atoms with Gasteiger partial charge in [-0.1, -0.05) is 43.3 Å². The molecular formula is C28H32F5N5O6S. The van der Waals surface area contributed by atoms with Gasteiger partial charge in [0, 0.05) is 38.2 Å². The fourth-order valence-corrected chi connectivity index (χ4v) is 6.21. The Bertz CT molecular complexity index is 1520. The quantitative estimate of drug-likeness (QED) is 0.409. The fourth-order valence-electron chi connectivity index (χ4n) is 4.64. The van der Waals surface area contributed by atoms with Crippen molar-refractivity contribution < 1.29 is 49.5 Å². The lowest BCUT2D eigenvalue weighted by molar-refractivity contribution is -0.274. The second kappa shape index (κ2) is 13.2. The van der Waals surface area contributed by atoms with Gasteiger partial charge in [0.25, 0.3) is 5.92 Å². The van der Waals surface area contributed by atoms with Gasteiger partial charge in [-0.2, -0.15) is 4.31 Å². The molecule has 0 spiro atoms. The van der Waals surface area contributed by atoms with Gasteiger partial charge in [-0.05, 0) is 36.8 Å². The highest BCUT2D eigenvalue weighted by molar-refractivity contribution is 7.89. The first-order chi connectivity index (χ1) is 21.0. The molecule has 246 valence electrons. The molecule has 2 N–H and O–H groups in total. The first-order valence-electron chi connectivity index (χ1n) is 13.9. The minimum Gasteiger partial charge on any atom is -0.406 e. The van der Waals surface area contributed by atoms with Gasteiger partial charge < -0.3 is 19.8 Å². The molecule has 0 radical (unpaired) electrons. The molecule has 2 heterocycles. The van der Waals surface area contributed by atoms with Crippen molar-refractivity contribution in [3.8, 4) is 5.75 Å². The first-order valence-corrected chi connectivity index (χ1v) is 15.4. The number of ether oxygens (including phenoxy) is 1. The van der Waals surface area contributed by atoms with Crippen LogP contribution in [0.15, 0.2) is 58.6 Å². The standard InChI is InChI=1S/C28H32F5N5O6S/c1-4-27(29,30)20-7-5-19(6-8-20)15-34-25(39)23-16-37(26(40)35-24-17(2)18(3)44-36-24)13-14-38(23)45(41,42)22-11-9-21(10-12-22)43-28(31,32)33/h5-12,17-18,23H,4,13-16H2,1-3H3,(H,34,39)(H,35,36,40)/t17?,18?,23-/m1/s1. The number of sulfonamides is 1. The normalized spacial score (nSPS) is 21.1. The molecule has 45 heavy (non-hydrogen) atoms. The molecule has 2 aromatic carbocycles. The van der Waals surface area contributed by atoms with E-state index in [-0.39, 0.29) is 49.6 Å². The Kier molecular flexibility index (Phi) is 9.91. The largest absolute Gasteiger partial charge is 0.573 e. The molecule has 4 rings (SSSR count). The molecule has 1 fully saturated rings. The van der Waals surface area contributed by atoms with E-state index in [4.69, 9.17) is 4.84 Å². The van der Waals surface area contributed by atoms with E-state index in [1.165, 1.54) is 36.1 Å². The second-order valence-electron chi connectivity index (χ2n) is 10.6. The lowest BCUT2D eigenvalue weighted by Gasteiger charge is -2.39. The molecular weight excluding hydrogens is 629 g/mol. The van der Waals surface area contributed by atoms with Crippen molar-refractivity contribution >= 4 is 27.8 Å². The highest BCUT2D eigenvalue weighted by Crippen LogP contribution is 2.31. The van der Waals surface area contributed by atoms with Crippen molar-refractivity contribution in [2.45, 2.75) is 63.1 Å². The average molecular weight is 662 g/mol. The van der Waals surface area contributed by atoms with Gasteiger partial charge in [-0.3, -0.25) is 10.1 Å². The fraction of sp³-hybridized carbons (Fsp3) is 0.464. The monoisotopic (exact) mass is 661 g/mol. The molecule has 0 aliphatic carbocycles. The SMILES string of the molecule is CCC(F)(F)c1ccc(CNC(=O)[C@H]2CN(C(=O)NC3=NOC(C)C3C)CCN2S(=O)(=O)c2ccc(OC(F)(F)F)cc2)cc1. The topological polar surface area (TPSA) is 130 Å². The number of amidine groups is 1. The van der Waals surface area contributed by atoms with Gasteiger partial charge in [-0.15, -0.1) is 13.2 Å². The number of piperazine rings is 1. The molecule has 3 amide bonds. The van der Waals surface area contributed by atoms with Crippen LogP contribution in [-0.2, 0) is 32.1 Å². The van der Waals surface area contributed by atoms with Crippen LogP contribution in [0.3, 0.4) is 0 Å². The summed E-state index contributed by atoms with van der Waals surface area (Å²) in [6.45, 7) is 3.93. The van der Waals surface area contributed by atoms with E-state index >= 15 is 0 Å². The molecule has 3 atom stereocenters. The maximum Gasteiger partial charge on any atom is 0.573 e. The number of benzene rings is 2. The van der Waals surface area contributed by atoms with Gasteiger partial charge in [0.1, 0.15) is 17.9 Å². The van der Waals surface area contributed by atoms with E-state index in [0.29, 0.717) is 5.56 Å². The number of amides is 3. The highest BCUT2D eigenvalue weighted by atomic mass is 32.2. The van der Waals surface area contributed by atoms with Crippen LogP contribution in [0.4, 0.5) is 26.7 Å². The highest BCUT2D eigenvalue weighted by Gasteiger charge is 2.42. The zero-order valence-corrected chi connectivity index (χ0v) is 25.3. The zero-order valence-electron chi connectivity index (χ0n) is 24.5. The van der Waals surface area contributed by atoms with Crippen molar-refractivity contribution in [2.75, 3.05) is 19.6 Å². The Morgan fingerprint density at radius 2 is 1.67 bits per heavy atom. The third-order valence-corrected chi connectivity index (χ3v) is 9.48. The van der Waals surface area contributed by atoms with E-state index < -0.39 is 57.4 Å². The molecule has 11 nitrogen and oxygen atoms in total. The van der Waals surface area contributed by atoms with Crippen molar-refractivity contribution in [1.82, 2.24) is 19.8 Å². The van der Waals surface area contributed by atoms with Crippen LogP contribution in [0.2, 0.25) is 0 Å². The number of carbonyl (C=O) groups is 2. The zero-order chi connectivity index (χ0) is 33.2. The Morgan fingerprint density at radius 1 is 1.02 bits per heavy atom. The predicted octanol–water partition coefficient (Wildman–Crippen LogP) is 4.16. The Labute approximate surface area is 256 Å². The van der Waals surface area contributed by atoms with Crippen LogP contribution in [0, 0.1) is 5.92 Å². The molecule has 2 aliphatic rings. The molecule has 0 aromatic heterocycles. The number of halogens is 5. The van der Waals surface area contributed by atoms with Gasteiger partial charge in [-0.25, -0.2) is 22.0 Å². The van der Waals surface area contributed by atoms with Gasteiger partial charge >= 0.3 is 12.4 Å². The Hall–Kier alpha value is -3.99. The predicted molar refractivity (Wildman–Crippen MR) is 151 cm³/mol. The summed E-state index contributed by atoms with van der Waals surface area (Å²) in [5, 5.41) is 9.06. The Morgan fingerprint density at radius 3 is 2.22 bits per heavy atom. The number of alkyl halides is 5. The maximum absolute atomic E-state index is 14.0. The lowest BCUT2D eigenvalue weighted by atomic mass is 10.0. The molecule has 2 aromatic rings. The first kappa shape index (κ1) is 33.9. The van der Waals surface area contributed by atoms with Gasteiger partial charge in [0.2, 0.25) is 15.9 Å². The number of carbonyl (C=O) groups excluding carboxylic acids is 2. The van der Waals surface area contributed by atoms with Crippen molar-refractivity contribution in [3.63, 3.8) is 0 Å². The van der Waals surface area contributed by atoms with E-state index in [1.807, 2.05) is 0 Å². The molecule has 1 saturated heterocycles. The van der Waals surface area contributed by atoms with Crippen LogP contribution in [-0.4, -0.2) is 73.5 Å². The van der Waals surface area contributed by atoms with Crippen molar-refractivity contribution in [1.29, 1.82) is 0 Å². The average Bonchev–Trinajstić information content (AvgIpc) is 3.31. The summed E-state index contributed by atoms with van der Waals surface area (Å²) in [7, 11) is -4.46. The molecule has 0 saturated carbocycles. The Balaban J connectivity index is 1.54. The molecule has 17 heteroatoms. The van der Waals surface area contributed by atoms with Crippen molar-refractivity contribution in [3.05, 3.63) is 59.7 Å². The summed E-state index contributed by atoms with van der Waals surface area (Å²) < 4.78 is 97.6. The summed E-state index contributed by atoms with van der Waals surface area (Å²) in [5.41, 5.74) is 0.264. The molecule has 2 unspecified atom stereocenters. The maximum atomic E-state index is 14.0. The minimum atomic E-state index is -4.98. The van der Waals surface area contributed by atoms with Crippen LogP contribution in [0.5, 0.6) is 5.75 Å². The number of hydrogen-bond acceptors (Lipinski definition) is 7. The van der Waals surface area contributed by atoms with Crippen LogP contribution >= 0.6 is 0 Å². The van der Waals surface area contributed by atoms with E-state index in [2.05, 4.69) is 20.5 Å². The summed E-state index contributed by atoms with van der Waals surface area (Å²) >= 11 is 0. The van der Waals surface area contributed by atoms with Crippen LogP contribution in [0.25, 0.3) is 0 Å². The van der Waals surface area contributed by atoms with Crippen molar-refractivity contribution in [2.24, 2.45) is 11.1 Å². The number of rotatable bonds is 8. The lowest BCUT2D eigenvalue weighted by Crippen LogP contribution is -2.62. The number of nitrogens with zero attached hydrogens (tertiary/aromatic N) is 3. The van der Waals surface area contributed by atoms with Crippen LogP contribution in [0.1, 0.15) is 38.3 Å². The number of oxime groups is 1. The number of urea groups is 1. The number of hydrogen-bond donors (Lipinski definition) is 2. The smallest absolute Gasteiger partial charge is 0.406 e. The number of nitrogens with one attached hydrogen (secondary N) is 2. The van der Waals surface area contributed by atoms with Crippen LogP contribution < -0.4 is 15.4 Å². The minimum absolute atomic E-state index is 0.130. The summed E-state index contributed by atoms with van der Waals surface area (Å²) in [5.74, 6) is -4.42. The summed E-state index contributed by atoms with van der Waals surface area (Å²) in [6, 6.07) is 6.68. The molecule has 0 bridgehead atoms. The van der Waals surface area contributed by atoms with Gasteiger partial charge in [0.15, 0.2) is 5.84 Å². The van der Waals surface area contributed by atoms with E-state index in [9.17, 15) is 40.0 Å². The molecule has 2 aliphatic heterocycles. The third-order valence-electron chi connectivity index (χ3n) is 7.56. The van der Waals surface area contributed by atoms with Gasteiger partial charge in [0.05, 0.1) is 10.8 Å². The van der Waals surface area contributed by atoms with E-state index in [0.717, 1.165) is 28.6 Å². The summed E-state index contributed by atoms with van der Waals surface area (Å²) in [6.07, 6.45) is -5.66. The third kappa shape index (κ3) is 8.00. The van der Waals surface area contributed by atoms with E-state index in [1.54, 1.807) is 13.8 Å². The summed E-state index contributed by atoms with van der Waals surface area (Å²) in [4.78, 5) is 32.5. The second-order valence-corrected chi connectivity index (χ2v) is 12.5.